The zero-order valence-corrected chi connectivity index (χ0v) is 16.5. The highest BCUT2D eigenvalue weighted by Crippen LogP contribution is 2.36. The summed E-state index contributed by atoms with van der Waals surface area (Å²) in [6, 6.07) is 5.22. The van der Waals surface area contributed by atoms with Crippen molar-refractivity contribution in [3.8, 4) is 11.4 Å². The highest BCUT2D eigenvalue weighted by atomic mass is 35.5. The van der Waals surface area contributed by atoms with Crippen LogP contribution < -0.4 is 5.73 Å². The van der Waals surface area contributed by atoms with Crippen LogP contribution in [0.4, 0.5) is 5.82 Å². The second kappa shape index (κ2) is 7.25. The topological polar surface area (TPSA) is 118 Å². The average molecular weight is 432 g/mol. The number of benzene rings is 1. The number of nitrogen functional groups attached to an aromatic ring is 1. The number of aromatic nitrogens is 6. The molecule has 0 aliphatic carbocycles. The van der Waals surface area contributed by atoms with Crippen molar-refractivity contribution in [2.75, 3.05) is 5.73 Å². The minimum Gasteiger partial charge on any atom is -0.382 e. The second-order valence-corrected chi connectivity index (χ2v) is 7.52. The van der Waals surface area contributed by atoms with Crippen LogP contribution in [-0.4, -0.2) is 35.8 Å². The van der Waals surface area contributed by atoms with Crippen molar-refractivity contribution in [3.05, 3.63) is 46.8 Å². The van der Waals surface area contributed by atoms with Gasteiger partial charge >= 0.3 is 0 Å². The molecule has 1 fully saturated rings. The third-order valence-electron chi connectivity index (χ3n) is 4.84. The van der Waals surface area contributed by atoms with Crippen LogP contribution in [0.15, 0.2) is 35.4 Å². The molecule has 2 atom stereocenters. The first-order valence-electron chi connectivity index (χ1n) is 8.95. The van der Waals surface area contributed by atoms with Gasteiger partial charge in [-0.2, -0.15) is 4.98 Å². The zero-order valence-electron chi connectivity index (χ0n) is 15.0. The molecule has 1 aliphatic heterocycles. The summed E-state index contributed by atoms with van der Waals surface area (Å²) < 4.78 is 13.5. The van der Waals surface area contributed by atoms with Gasteiger partial charge in [-0.25, -0.2) is 15.0 Å². The Morgan fingerprint density at radius 3 is 2.79 bits per heavy atom. The smallest absolute Gasteiger partial charge is 0.256 e. The van der Waals surface area contributed by atoms with Crippen molar-refractivity contribution in [3.63, 3.8) is 0 Å². The number of nitrogens with zero attached hydrogens (tertiary/aromatic N) is 6. The van der Waals surface area contributed by atoms with Gasteiger partial charge in [0.1, 0.15) is 17.9 Å². The SMILES string of the molecule is Nc1ncnc2c1ncn2C[C@@H]1CC[C@H](c2nc(-c3c(Cl)cccc3Cl)no2)O1. The molecular formula is C18H15Cl2N7O2. The number of imidazole rings is 1. The summed E-state index contributed by atoms with van der Waals surface area (Å²) in [5.41, 5.74) is 7.65. The van der Waals surface area contributed by atoms with Crippen LogP contribution >= 0.6 is 23.2 Å². The van der Waals surface area contributed by atoms with Gasteiger partial charge in [-0.15, -0.1) is 0 Å². The van der Waals surface area contributed by atoms with E-state index < -0.39 is 0 Å². The summed E-state index contributed by atoms with van der Waals surface area (Å²) in [6.45, 7) is 0.584. The van der Waals surface area contributed by atoms with E-state index >= 15 is 0 Å². The lowest BCUT2D eigenvalue weighted by Crippen LogP contribution is -2.15. The molecule has 0 bridgehead atoms. The summed E-state index contributed by atoms with van der Waals surface area (Å²) in [5, 5.41) is 4.95. The van der Waals surface area contributed by atoms with Crippen molar-refractivity contribution in [1.82, 2.24) is 29.7 Å². The predicted molar refractivity (Wildman–Crippen MR) is 106 cm³/mol. The van der Waals surface area contributed by atoms with Gasteiger partial charge in [0.25, 0.3) is 5.89 Å². The van der Waals surface area contributed by atoms with E-state index in [-0.39, 0.29) is 12.2 Å². The molecule has 0 radical (unpaired) electrons. The van der Waals surface area contributed by atoms with E-state index in [4.69, 9.17) is 38.2 Å². The van der Waals surface area contributed by atoms with E-state index in [1.165, 1.54) is 6.33 Å². The Morgan fingerprint density at radius 2 is 1.97 bits per heavy atom. The fourth-order valence-electron chi connectivity index (χ4n) is 3.45. The molecule has 1 aromatic carbocycles. The maximum absolute atomic E-state index is 6.23. The summed E-state index contributed by atoms with van der Waals surface area (Å²) >= 11 is 12.5. The molecule has 0 amide bonds. The Balaban J connectivity index is 1.32. The summed E-state index contributed by atoms with van der Waals surface area (Å²) in [6.07, 6.45) is 4.36. The van der Waals surface area contributed by atoms with Crippen molar-refractivity contribution in [2.24, 2.45) is 0 Å². The van der Waals surface area contributed by atoms with Gasteiger partial charge in [-0.05, 0) is 25.0 Å². The first-order chi connectivity index (χ1) is 14.1. The number of ether oxygens (including phenoxy) is 1. The lowest BCUT2D eigenvalue weighted by molar-refractivity contribution is 0.0183. The number of fused-ring (bicyclic) bond motifs is 1. The van der Waals surface area contributed by atoms with Crippen LogP contribution in [0.5, 0.6) is 0 Å². The molecule has 4 aromatic rings. The van der Waals surface area contributed by atoms with Crippen molar-refractivity contribution >= 4 is 40.2 Å². The lowest BCUT2D eigenvalue weighted by Gasteiger charge is -2.12. The van der Waals surface area contributed by atoms with Gasteiger partial charge in [-0.1, -0.05) is 34.4 Å². The van der Waals surface area contributed by atoms with Gasteiger partial charge in [0.05, 0.1) is 34.6 Å². The highest BCUT2D eigenvalue weighted by molar-refractivity contribution is 6.38. The molecule has 1 saturated heterocycles. The Bertz CT molecular complexity index is 1170. The monoisotopic (exact) mass is 431 g/mol. The lowest BCUT2D eigenvalue weighted by atomic mass is 10.2. The minimum absolute atomic E-state index is 0.0483. The third kappa shape index (κ3) is 3.31. The minimum atomic E-state index is -0.294. The van der Waals surface area contributed by atoms with E-state index in [0.717, 1.165) is 12.8 Å². The maximum Gasteiger partial charge on any atom is 0.256 e. The van der Waals surface area contributed by atoms with Crippen molar-refractivity contribution in [2.45, 2.75) is 31.6 Å². The van der Waals surface area contributed by atoms with E-state index in [9.17, 15) is 0 Å². The van der Waals surface area contributed by atoms with Crippen LogP contribution in [0.2, 0.25) is 10.0 Å². The molecule has 5 rings (SSSR count). The maximum atomic E-state index is 6.23. The molecule has 3 aromatic heterocycles. The van der Waals surface area contributed by atoms with Gasteiger partial charge in [0.15, 0.2) is 11.5 Å². The largest absolute Gasteiger partial charge is 0.382 e. The average Bonchev–Trinajstić information content (AvgIpc) is 3.43. The first kappa shape index (κ1) is 18.3. The van der Waals surface area contributed by atoms with E-state index in [1.807, 2.05) is 4.57 Å². The Morgan fingerprint density at radius 1 is 1.14 bits per heavy atom. The molecule has 0 spiro atoms. The number of nitrogens with two attached hydrogens (primary N) is 1. The van der Waals surface area contributed by atoms with Crippen LogP contribution in [0.25, 0.3) is 22.6 Å². The fraction of sp³-hybridized carbons (Fsp3) is 0.278. The highest BCUT2D eigenvalue weighted by Gasteiger charge is 2.32. The Kier molecular flexibility index (Phi) is 4.57. The number of halogens is 2. The second-order valence-electron chi connectivity index (χ2n) is 6.71. The number of anilines is 1. The normalized spacial score (nSPS) is 19.2. The summed E-state index contributed by atoms with van der Waals surface area (Å²) in [5.74, 6) is 1.10. The molecule has 9 nitrogen and oxygen atoms in total. The standard InChI is InChI=1S/C18H15Cl2N7O2/c19-10-2-1-3-11(20)13(10)16-25-18(29-26-16)12-5-4-9(28-12)6-27-8-24-14-15(21)22-7-23-17(14)27/h1-3,7-9,12H,4-6H2,(H2,21,22,23)/t9-,12+/m0/s1. The molecule has 148 valence electrons. The predicted octanol–water partition coefficient (Wildman–Crippen LogP) is 3.69. The molecule has 1 aliphatic rings. The van der Waals surface area contributed by atoms with Crippen LogP contribution in [0, 0.1) is 0 Å². The fourth-order valence-corrected chi connectivity index (χ4v) is 4.02. The van der Waals surface area contributed by atoms with Gasteiger partial charge in [-0.3, -0.25) is 0 Å². The van der Waals surface area contributed by atoms with E-state index in [2.05, 4.69) is 25.1 Å². The van der Waals surface area contributed by atoms with Crippen LogP contribution in [-0.2, 0) is 11.3 Å². The number of hydrogen-bond acceptors (Lipinski definition) is 8. The van der Waals surface area contributed by atoms with E-state index in [1.54, 1.807) is 24.5 Å². The zero-order chi connectivity index (χ0) is 20.0. The van der Waals surface area contributed by atoms with Gasteiger partial charge < -0.3 is 19.6 Å². The Hall–Kier alpha value is -2.75. The molecular weight excluding hydrogens is 417 g/mol. The molecule has 11 heteroatoms. The summed E-state index contributed by atoms with van der Waals surface area (Å²) in [4.78, 5) is 17.0. The quantitative estimate of drug-likeness (QED) is 0.519. The summed E-state index contributed by atoms with van der Waals surface area (Å²) in [7, 11) is 0. The van der Waals surface area contributed by atoms with Gasteiger partial charge in [0, 0.05) is 0 Å². The van der Waals surface area contributed by atoms with Crippen molar-refractivity contribution < 1.29 is 9.26 Å². The first-order valence-corrected chi connectivity index (χ1v) is 9.70. The third-order valence-corrected chi connectivity index (χ3v) is 5.47. The molecule has 0 unspecified atom stereocenters. The Labute approximate surface area is 174 Å². The van der Waals surface area contributed by atoms with E-state index in [0.29, 0.717) is 50.9 Å². The van der Waals surface area contributed by atoms with Crippen LogP contribution in [0.1, 0.15) is 24.8 Å². The molecule has 0 saturated carbocycles. The molecule has 2 N–H and O–H groups in total. The van der Waals surface area contributed by atoms with Crippen LogP contribution in [0.3, 0.4) is 0 Å². The molecule has 4 heterocycles. The molecule has 29 heavy (non-hydrogen) atoms. The number of hydrogen-bond donors (Lipinski definition) is 1. The number of rotatable bonds is 4. The van der Waals surface area contributed by atoms with Gasteiger partial charge in [0.2, 0.25) is 5.82 Å². The van der Waals surface area contributed by atoms with Crippen molar-refractivity contribution in [1.29, 1.82) is 0 Å².